The molecule has 10 aromatic rings. The molecule has 0 radical (unpaired) electrons. The van der Waals surface area contributed by atoms with Gasteiger partial charge in [-0.2, -0.15) is 0 Å². The van der Waals surface area contributed by atoms with E-state index in [-0.39, 0.29) is 0 Å². The molecule has 0 amide bonds. The predicted octanol–water partition coefficient (Wildman–Crippen LogP) is 15.7. The molecular weight excluding hydrogens is 739 g/mol. The van der Waals surface area contributed by atoms with E-state index in [4.69, 9.17) is 4.42 Å². The zero-order valence-electron chi connectivity index (χ0n) is 33.6. The summed E-state index contributed by atoms with van der Waals surface area (Å²) in [4.78, 5) is 2.53. The lowest BCUT2D eigenvalue weighted by Gasteiger charge is -2.35. The predicted molar refractivity (Wildman–Crippen MR) is 254 cm³/mol. The van der Waals surface area contributed by atoms with Gasteiger partial charge in [-0.05, 0) is 81.6 Å². The van der Waals surface area contributed by atoms with Crippen molar-refractivity contribution in [2.24, 2.45) is 0 Å². The number of rotatable bonds is 7. The molecule has 12 rings (SSSR count). The minimum Gasteiger partial charge on any atom is -0.455 e. The molecule has 0 saturated carbocycles. The van der Waals surface area contributed by atoms with Crippen molar-refractivity contribution in [1.82, 2.24) is 0 Å². The number of anilines is 3. The molecule has 0 spiro atoms. The summed E-state index contributed by atoms with van der Waals surface area (Å²) in [5, 5.41) is 2.28. The largest absolute Gasteiger partial charge is 0.455 e. The van der Waals surface area contributed by atoms with Crippen LogP contribution in [-0.4, -0.2) is 0 Å². The van der Waals surface area contributed by atoms with Crippen molar-refractivity contribution in [2.75, 3.05) is 4.90 Å². The van der Waals surface area contributed by atoms with E-state index in [2.05, 4.69) is 229 Å². The smallest absolute Gasteiger partial charge is 0.142 e. The van der Waals surface area contributed by atoms with E-state index in [0.717, 1.165) is 74.1 Å². The molecule has 0 atom stereocenters. The van der Waals surface area contributed by atoms with Crippen LogP contribution in [0.4, 0.5) is 17.1 Å². The molecule has 0 aliphatic heterocycles. The second kappa shape index (κ2) is 14.3. The maximum absolute atomic E-state index is 6.80. The molecule has 2 aliphatic carbocycles. The molecule has 2 heteroatoms. The fraction of sp³-hybridized carbons (Fsp3) is 0.0508. The minimum absolute atomic E-state index is 0.538. The van der Waals surface area contributed by atoms with Gasteiger partial charge in [-0.25, -0.2) is 0 Å². The summed E-state index contributed by atoms with van der Waals surface area (Å²) in [6.45, 7) is 0. The van der Waals surface area contributed by atoms with Crippen LogP contribution in [-0.2, 0) is 11.8 Å². The molecule has 0 saturated heterocycles. The van der Waals surface area contributed by atoms with Gasteiger partial charge in [-0.3, -0.25) is 0 Å². The number of hydrogen-bond acceptors (Lipinski definition) is 2. The lowest BCUT2D eigenvalue weighted by atomic mass is 9.68. The van der Waals surface area contributed by atoms with Gasteiger partial charge in [0.25, 0.3) is 0 Å². The number of allylic oxidation sites excluding steroid dienone is 1. The van der Waals surface area contributed by atoms with Crippen LogP contribution in [0.1, 0.15) is 39.8 Å². The van der Waals surface area contributed by atoms with Gasteiger partial charge in [0, 0.05) is 33.0 Å². The summed E-state index contributed by atoms with van der Waals surface area (Å²) in [5.74, 6) is 0. The molecule has 1 aromatic heterocycles. The average molecular weight is 780 g/mol. The molecule has 0 bridgehead atoms. The normalized spacial score (nSPS) is 13.5. The Bertz CT molecular complexity index is 3260. The van der Waals surface area contributed by atoms with E-state index < -0.39 is 5.41 Å². The van der Waals surface area contributed by atoms with E-state index >= 15 is 0 Å². The Morgan fingerprint density at radius 3 is 1.77 bits per heavy atom. The molecule has 2 nitrogen and oxygen atoms in total. The third-order valence-electron chi connectivity index (χ3n) is 13.0. The molecule has 1 heterocycles. The summed E-state index contributed by atoms with van der Waals surface area (Å²) in [6, 6.07) is 77.9. The highest BCUT2D eigenvalue weighted by Crippen LogP contribution is 2.60. The topological polar surface area (TPSA) is 16.4 Å². The molecule has 9 aromatic carbocycles. The van der Waals surface area contributed by atoms with Gasteiger partial charge < -0.3 is 9.32 Å². The Morgan fingerprint density at radius 2 is 1.02 bits per heavy atom. The maximum Gasteiger partial charge on any atom is 0.142 e. The Morgan fingerprint density at radius 1 is 0.443 bits per heavy atom. The zero-order valence-corrected chi connectivity index (χ0v) is 33.6. The first-order valence-electron chi connectivity index (χ1n) is 21.3. The number of aryl methyl sites for hydroxylation is 1. The summed E-state index contributed by atoms with van der Waals surface area (Å²) in [7, 11) is 0. The van der Waals surface area contributed by atoms with Crippen LogP contribution in [0.2, 0.25) is 0 Å². The van der Waals surface area contributed by atoms with Crippen LogP contribution in [0.5, 0.6) is 0 Å². The highest BCUT2D eigenvalue weighted by molar-refractivity contribution is 6.16. The number of benzene rings is 9. The number of hydrogen-bond donors (Lipinski definition) is 0. The van der Waals surface area contributed by atoms with Crippen molar-refractivity contribution in [2.45, 2.75) is 18.3 Å². The second-order valence-corrected chi connectivity index (χ2v) is 16.2. The van der Waals surface area contributed by atoms with E-state index in [0.29, 0.717) is 0 Å². The third-order valence-corrected chi connectivity index (χ3v) is 13.0. The van der Waals surface area contributed by atoms with E-state index in [9.17, 15) is 0 Å². The monoisotopic (exact) mass is 779 g/mol. The van der Waals surface area contributed by atoms with Crippen molar-refractivity contribution in [1.29, 1.82) is 0 Å². The molecule has 0 N–H and O–H groups in total. The summed E-state index contributed by atoms with van der Waals surface area (Å²) in [6.07, 6.45) is 6.61. The number of fused-ring (bicyclic) bond motifs is 8. The summed E-state index contributed by atoms with van der Waals surface area (Å²) in [5.41, 5.74) is 19.3. The molecule has 61 heavy (non-hydrogen) atoms. The third kappa shape index (κ3) is 5.35. The minimum atomic E-state index is -0.538. The van der Waals surface area contributed by atoms with Gasteiger partial charge in [0.15, 0.2) is 0 Å². The zero-order chi connectivity index (χ0) is 40.3. The average Bonchev–Trinajstić information content (AvgIpc) is 3.88. The van der Waals surface area contributed by atoms with Gasteiger partial charge in [0.2, 0.25) is 0 Å². The fourth-order valence-electron chi connectivity index (χ4n) is 10.5. The van der Waals surface area contributed by atoms with Crippen LogP contribution in [0, 0.1) is 0 Å². The van der Waals surface area contributed by atoms with Crippen LogP contribution in [0.3, 0.4) is 0 Å². The second-order valence-electron chi connectivity index (χ2n) is 16.2. The first-order chi connectivity index (χ1) is 30.3. The Balaban J connectivity index is 1.18. The van der Waals surface area contributed by atoms with E-state index in [1.807, 2.05) is 0 Å². The number of furan rings is 1. The van der Waals surface area contributed by atoms with E-state index in [1.54, 1.807) is 0 Å². The standard InChI is InChI=1S/C59H41NO/c1-4-20-40(21-5-1)44-27-13-16-34-52(44)60(53-35-17-14-29-46(53)47-31-18-37-55-56(47)49-39-38-41-22-10-11-28-45(41)58(49)61-55)54-36-19-33-51-57(54)48-30-12-15-32-50(48)59(51,42-23-6-2-7-24-42)43-25-8-3-9-26-43/h1-9,11-21,23-39H,10,22H2. The molecule has 0 fully saturated rings. The Hall–Kier alpha value is -7.68. The van der Waals surface area contributed by atoms with Crippen LogP contribution < -0.4 is 4.90 Å². The van der Waals surface area contributed by atoms with Crippen molar-refractivity contribution in [3.05, 3.63) is 252 Å². The number of nitrogens with zero attached hydrogens (tertiary/aromatic N) is 1. The van der Waals surface area contributed by atoms with Crippen molar-refractivity contribution >= 4 is 45.1 Å². The Labute approximate surface area is 356 Å². The molecule has 2 aliphatic rings. The van der Waals surface area contributed by atoms with Crippen LogP contribution in [0.25, 0.3) is 61.4 Å². The molecule has 288 valence electrons. The quantitative estimate of drug-likeness (QED) is 0.160. The highest BCUT2D eigenvalue weighted by atomic mass is 16.3. The van der Waals surface area contributed by atoms with Gasteiger partial charge in [-0.15, -0.1) is 0 Å². The SMILES string of the molecule is C1=Cc2c(ccc3c2oc2cccc(-c4ccccc4N(c4ccccc4-c4ccccc4)c4cccc5c4-c4ccccc4C5(c4ccccc4)c4ccccc4)c23)CC1. The van der Waals surface area contributed by atoms with Gasteiger partial charge in [0.1, 0.15) is 11.2 Å². The first kappa shape index (κ1) is 35.3. The summed E-state index contributed by atoms with van der Waals surface area (Å²) >= 11 is 0. The van der Waals surface area contributed by atoms with Crippen molar-refractivity contribution < 1.29 is 4.42 Å². The van der Waals surface area contributed by atoms with E-state index in [1.165, 1.54) is 44.5 Å². The number of para-hydroxylation sites is 2. The molecular formula is C59H41NO. The fourth-order valence-corrected chi connectivity index (χ4v) is 10.5. The van der Waals surface area contributed by atoms with Gasteiger partial charge in [0.05, 0.1) is 22.5 Å². The van der Waals surface area contributed by atoms with Crippen molar-refractivity contribution in [3.8, 4) is 33.4 Å². The lowest BCUT2D eigenvalue weighted by molar-refractivity contribution is 0.666. The highest BCUT2D eigenvalue weighted by Gasteiger charge is 2.47. The van der Waals surface area contributed by atoms with Crippen LogP contribution in [0.15, 0.2) is 223 Å². The molecule has 0 unspecified atom stereocenters. The Kier molecular flexibility index (Phi) is 8.24. The lowest BCUT2D eigenvalue weighted by Crippen LogP contribution is -2.28. The van der Waals surface area contributed by atoms with Gasteiger partial charge in [-0.1, -0.05) is 200 Å². The van der Waals surface area contributed by atoms with Crippen LogP contribution >= 0.6 is 0 Å². The maximum atomic E-state index is 6.80. The van der Waals surface area contributed by atoms with Crippen molar-refractivity contribution in [3.63, 3.8) is 0 Å². The van der Waals surface area contributed by atoms with Gasteiger partial charge >= 0.3 is 0 Å². The first-order valence-corrected chi connectivity index (χ1v) is 21.3. The summed E-state index contributed by atoms with van der Waals surface area (Å²) < 4.78 is 6.80.